The Labute approximate surface area is 140 Å². The van der Waals surface area contributed by atoms with Crippen LogP contribution in [0.2, 0.25) is 0 Å². The summed E-state index contributed by atoms with van der Waals surface area (Å²) in [5.41, 5.74) is 3.48. The summed E-state index contributed by atoms with van der Waals surface area (Å²) in [4.78, 5) is 12.2. The molecule has 0 aliphatic carbocycles. The molecular formula is C18H18N2O4. The Balaban J connectivity index is 2.06. The minimum absolute atomic E-state index is 0.0342. The Morgan fingerprint density at radius 1 is 1.29 bits per heavy atom. The van der Waals surface area contributed by atoms with E-state index in [9.17, 15) is 9.90 Å². The van der Waals surface area contributed by atoms with E-state index in [4.69, 9.17) is 9.47 Å². The van der Waals surface area contributed by atoms with Crippen LogP contribution in [0.25, 0.3) is 0 Å². The topological polar surface area (TPSA) is 80.2 Å². The molecule has 0 aliphatic heterocycles. The molecule has 2 aromatic rings. The molecule has 0 spiro atoms. The zero-order chi connectivity index (χ0) is 17.4. The first-order chi connectivity index (χ1) is 11.7. The second-order valence-electron chi connectivity index (χ2n) is 4.73. The molecule has 0 saturated heterocycles. The van der Waals surface area contributed by atoms with Gasteiger partial charge in [0.15, 0.2) is 11.5 Å². The lowest BCUT2D eigenvalue weighted by Gasteiger charge is -2.08. The fraction of sp³-hybridized carbons (Fsp3) is 0.111. The number of amides is 1. The summed E-state index contributed by atoms with van der Waals surface area (Å²) in [6, 6.07) is 11.6. The molecule has 0 saturated carbocycles. The van der Waals surface area contributed by atoms with Crippen LogP contribution in [0.15, 0.2) is 60.2 Å². The van der Waals surface area contributed by atoms with Crippen molar-refractivity contribution in [2.75, 3.05) is 13.7 Å². The fourth-order valence-corrected chi connectivity index (χ4v) is 1.93. The first-order valence-electron chi connectivity index (χ1n) is 7.19. The van der Waals surface area contributed by atoms with E-state index in [1.165, 1.54) is 19.4 Å². The molecule has 0 atom stereocenters. The maximum atomic E-state index is 12.2. The van der Waals surface area contributed by atoms with Gasteiger partial charge in [-0.2, -0.15) is 5.10 Å². The van der Waals surface area contributed by atoms with Gasteiger partial charge in [0.25, 0.3) is 5.91 Å². The second kappa shape index (κ2) is 8.38. The summed E-state index contributed by atoms with van der Waals surface area (Å²) in [5.74, 6) is 0.425. The number of methoxy groups -OCH3 is 1. The van der Waals surface area contributed by atoms with Gasteiger partial charge in [-0.15, -0.1) is 0 Å². The molecule has 0 aromatic heterocycles. The minimum Gasteiger partial charge on any atom is -0.504 e. The van der Waals surface area contributed by atoms with Crippen molar-refractivity contribution in [3.05, 3.63) is 66.2 Å². The van der Waals surface area contributed by atoms with Gasteiger partial charge in [0.2, 0.25) is 0 Å². The van der Waals surface area contributed by atoms with E-state index in [0.717, 1.165) is 0 Å². The SMILES string of the molecule is C=CCOc1ccccc1C(=O)NN=Cc1ccc(O)c(OC)c1. The van der Waals surface area contributed by atoms with Gasteiger partial charge < -0.3 is 14.6 Å². The van der Waals surface area contributed by atoms with E-state index >= 15 is 0 Å². The standard InChI is InChI=1S/C18H18N2O4/c1-3-10-24-16-7-5-4-6-14(16)18(22)20-19-12-13-8-9-15(21)17(11-13)23-2/h3-9,11-12,21H,1,10H2,2H3,(H,20,22). The Hall–Kier alpha value is -3.28. The highest BCUT2D eigenvalue weighted by atomic mass is 16.5. The maximum absolute atomic E-state index is 12.2. The number of benzene rings is 2. The van der Waals surface area contributed by atoms with E-state index in [1.807, 2.05) is 0 Å². The number of carbonyl (C=O) groups excluding carboxylic acids is 1. The van der Waals surface area contributed by atoms with Gasteiger partial charge in [-0.05, 0) is 35.9 Å². The van der Waals surface area contributed by atoms with Gasteiger partial charge in [0.05, 0.1) is 18.9 Å². The van der Waals surface area contributed by atoms with Crippen molar-refractivity contribution < 1.29 is 19.4 Å². The molecule has 6 heteroatoms. The molecule has 0 unspecified atom stereocenters. The first kappa shape index (κ1) is 17.1. The normalized spacial score (nSPS) is 10.4. The summed E-state index contributed by atoms with van der Waals surface area (Å²) in [6.07, 6.45) is 3.05. The van der Waals surface area contributed by atoms with E-state index in [2.05, 4.69) is 17.1 Å². The number of nitrogens with zero attached hydrogens (tertiary/aromatic N) is 1. The molecule has 0 aliphatic rings. The summed E-state index contributed by atoms with van der Waals surface area (Å²) in [6.45, 7) is 3.88. The lowest BCUT2D eigenvalue weighted by Crippen LogP contribution is -2.18. The van der Waals surface area contributed by atoms with E-state index in [0.29, 0.717) is 29.2 Å². The Kier molecular flexibility index (Phi) is 5.96. The van der Waals surface area contributed by atoms with Gasteiger partial charge in [0.1, 0.15) is 12.4 Å². The Morgan fingerprint density at radius 2 is 2.08 bits per heavy atom. The van der Waals surface area contributed by atoms with Crippen molar-refractivity contribution in [2.24, 2.45) is 5.10 Å². The maximum Gasteiger partial charge on any atom is 0.275 e. The van der Waals surface area contributed by atoms with Gasteiger partial charge in [-0.25, -0.2) is 5.43 Å². The van der Waals surface area contributed by atoms with E-state index in [-0.39, 0.29) is 5.75 Å². The minimum atomic E-state index is -0.392. The first-order valence-corrected chi connectivity index (χ1v) is 7.19. The monoisotopic (exact) mass is 326 g/mol. The molecule has 0 bridgehead atoms. The predicted molar refractivity (Wildman–Crippen MR) is 91.9 cm³/mol. The van der Waals surface area contributed by atoms with Crippen molar-refractivity contribution in [1.29, 1.82) is 0 Å². The molecule has 1 amide bonds. The third kappa shape index (κ3) is 4.36. The number of hydrogen-bond acceptors (Lipinski definition) is 5. The van der Waals surface area contributed by atoms with Gasteiger partial charge in [0, 0.05) is 0 Å². The molecular weight excluding hydrogens is 308 g/mol. The summed E-state index contributed by atoms with van der Waals surface area (Å²) in [5, 5.41) is 13.4. The van der Waals surface area contributed by atoms with E-state index < -0.39 is 5.91 Å². The number of carbonyl (C=O) groups is 1. The highest BCUT2D eigenvalue weighted by Gasteiger charge is 2.10. The predicted octanol–water partition coefficient (Wildman–Crippen LogP) is 2.73. The molecule has 124 valence electrons. The van der Waals surface area contributed by atoms with Crippen LogP contribution >= 0.6 is 0 Å². The number of phenolic OH excluding ortho intramolecular Hbond substituents is 1. The second-order valence-corrected chi connectivity index (χ2v) is 4.73. The van der Waals surface area contributed by atoms with Gasteiger partial charge in [-0.3, -0.25) is 4.79 Å². The van der Waals surface area contributed by atoms with Crippen molar-refractivity contribution in [3.63, 3.8) is 0 Å². The number of ether oxygens (including phenoxy) is 2. The van der Waals surface area contributed by atoms with Crippen LogP contribution in [0, 0.1) is 0 Å². The smallest absolute Gasteiger partial charge is 0.275 e. The van der Waals surface area contributed by atoms with Crippen molar-refractivity contribution in [3.8, 4) is 17.2 Å². The lowest BCUT2D eigenvalue weighted by atomic mass is 10.2. The van der Waals surface area contributed by atoms with Crippen LogP contribution in [0.5, 0.6) is 17.2 Å². The van der Waals surface area contributed by atoms with Crippen LogP contribution in [-0.2, 0) is 0 Å². The third-order valence-corrected chi connectivity index (χ3v) is 3.07. The largest absolute Gasteiger partial charge is 0.504 e. The zero-order valence-corrected chi connectivity index (χ0v) is 13.2. The summed E-state index contributed by atoms with van der Waals surface area (Å²) in [7, 11) is 1.46. The van der Waals surface area contributed by atoms with E-state index in [1.54, 1.807) is 42.5 Å². The molecule has 0 radical (unpaired) electrons. The molecule has 2 aromatic carbocycles. The number of aromatic hydroxyl groups is 1. The quantitative estimate of drug-likeness (QED) is 0.466. The van der Waals surface area contributed by atoms with Crippen molar-refractivity contribution in [2.45, 2.75) is 0 Å². The molecule has 2 N–H and O–H groups in total. The lowest BCUT2D eigenvalue weighted by molar-refractivity contribution is 0.0951. The average molecular weight is 326 g/mol. The third-order valence-electron chi connectivity index (χ3n) is 3.07. The summed E-state index contributed by atoms with van der Waals surface area (Å²) < 4.78 is 10.5. The number of para-hydroxylation sites is 1. The average Bonchev–Trinajstić information content (AvgIpc) is 2.61. The highest BCUT2D eigenvalue weighted by Crippen LogP contribution is 2.25. The molecule has 24 heavy (non-hydrogen) atoms. The molecule has 6 nitrogen and oxygen atoms in total. The van der Waals surface area contributed by atoms with Crippen molar-refractivity contribution >= 4 is 12.1 Å². The van der Waals surface area contributed by atoms with Crippen LogP contribution in [0.1, 0.15) is 15.9 Å². The summed E-state index contributed by atoms with van der Waals surface area (Å²) >= 11 is 0. The highest BCUT2D eigenvalue weighted by molar-refractivity contribution is 5.97. The van der Waals surface area contributed by atoms with Crippen LogP contribution < -0.4 is 14.9 Å². The number of hydrazone groups is 1. The van der Waals surface area contributed by atoms with Gasteiger partial charge in [-0.1, -0.05) is 24.8 Å². The Morgan fingerprint density at radius 3 is 2.83 bits per heavy atom. The number of nitrogens with one attached hydrogen (secondary N) is 1. The molecule has 0 fully saturated rings. The Bertz CT molecular complexity index is 756. The molecule has 0 heterocycles. The van der Waals surface area contributed by atoms with Crippen LogP contribution in [0.3, 0.4) is 0 Å². The number of phenols is 1. The zero-order valence-electron chi connectivity index (χ0n) is 13.2. The van der Waals surface area contributed by atoms with Gasteiger partial charge >= 0.3 is 0 Å². The number of rotatable bonds is 7. The van der Waals surface area contributed by atoms with Crippen molar-refractivity contribution in [1.82, 2.24) is 5.43 Å². The van der Waals surface area contributed by atoms with Crippen LogP contribution in [-0.4, -0.2) is 30.9 Å². The molecule has 2 rings (SSSR count). The fourth-order valence-electron chi connectivity index (χ4n) is 1.93. The van der Waals surface area contributed by atoms with Crippen LogP contribution in [0.4, 0.5) is 0 Å². The number of hydrogen-bond donors (Lipinski definition) is 2.